The van der Waals surface area contributed by atoms with Gasteiger partial charge in [0.25, 0.3) is 0 Å². The number of pyridine rings is 1. The Morgan fingerprint density at radius 2 is 1.61 bits per heavy atom. The molecule has 3 rings (SSSR count). The smallest absolute Gasteiger partial charge is 0.416 e. The van der Waals surface area contributed by atoms with Crippen molar-refractivity contribution < 1.29 is 41.0 Å². The second-order valence-corrected chi connectivity index (χ2v) is 9.29. The van der Waals surface area contributed by atoms with E-state index >= 15 is 0 Å². The van der Waals surface area contributed by atoms with Gasteiger partial charge in [0, 0.05) is 19.3 Å². The zero-order valence-corrected chi connectivity index (χ0v) is 20.8. The molecule has 0 radical (unpaired) electrons. The molecule has 1 heterocycles. The SMILES string of the molecule is Cc1ccnc(N(CCc2ccc(OC(C)(C)C(=O)O)cc2)Cc2ccc(C(F)(F)F)cc2C(F)(F)F)c1. The number of carboxylic acid groups (broad SMARTS) is 1. The number of rotatable bonds is 9. The average molecular weight is 541 g/mol. The maximum Gasteiger partial charge on any atom is 0.416 e. The number of carbonyl (C=O) groups is 1. The fraction of sp³-hybridized carbons (Fsp3) is 0.333. The Bertz CT molecular complexity index is 1270. The van der Waals surface area contributed by atoms with Gasteiger partial charge in [0.15, 0.2) is 5.60 Å². The van der Waals surface area contributed by atoms with E-state index in [1.807, 2.05) is 0 Å². The van der Waals surface area contributed by atoms with Crippen LogP contribution in [0.2, 0.25) is 0 Å². The van der Waals surface area contributed by atoms with Crippen LogP contribution in [0, 0.1) is 6.92 Å². The largest absolute Gasteiger partial charge is 0.478 e. The van der Waals surface area contributed by atoms with Crippen LogP contribution in [0.1, 0.15) is 41.7 Å². The van der Waals surface area contributed by atoms with Crippen LogP contribution in [-0.4, -0.2) is 28.2 Å². The van der Waals surface area contributed by atoms with Crippen molar-refractivity contribution in [2.24, 2.45) is 0 Å². The summed E-state index contributed by atoms with van der Waals surface area (Å²) in [6, 6.07) is 11.6. The predicted octanol–water partition coefficient (Wildman–Crippen LogP) is 6.92. The number of ether oxygens (including phenoxy) is 1. The Hall–Kier alpha value is -3.76. The highest BCUT2D eigenvalue weighted by molar-refractivity contribution is 5.76. The first-order valence-corrected chi connectivity index (χ1v) is 11.5. The van der Waals surface area contributed by atoms with Crippen molar-refractivity contribution in [2.75, 3.05) is 11.4 Å². The third kappa shape index (κ3) is 7.39. The van der Waals surface area contributed by atoms with E-state index < -0.39 is 35.0 Å². The van der Waals surface area contributed by atoms with Crippen LogP contribution >= 0.6 is 0 Å². The van der Waals surface area contributed by atoms with Crippen LogP contribution in [0.3, 0.4) is 0 Å². The Balaban J connectivity index is 1.87. The van der Waals surface area contributed by atoms with E-state index in [1.165, 1.54) is 20.0 Å². The molecule has 0 unspecified atom stereocenters. The summed E-state index contributed by atoms with van der Waals surface area (Å²) in [5, 5.41) is 9.21. The topological polar surface area (TPSA) is 62.7 Å². The molecule has 11 heteroatoms. The van der Waals surface area contributed by atoms with Gasteiger partial charge in [-0.15, -0.1) is 0 Å². The van der Waals surface area contributed by atoms with E-state index in [1.54, 1.807) is 48.2 Å². The molecule has 0 spiro atoms. The van der Waals surface area contributed by atoms with Gasteiger partial charge in [0.2, 0.25) is 0 Å². The Morgan fingerprint density at radius 1 is 0.947 bits per heavy atom. The molecule has 2 aromatic carbocycles. The van der Waals surface area contributed by atoms with Crippen molar-refractivity contribution in [1.29, 1.82) is 0 Å². The minimum absolute atomic E-state index is 0.133. The molecule has 1 N–H and O–H groups in total. The minimum Gasteiger partial charge on any atom is -0.478 e. The summed E-state index contributed by atoms with van der Waals surface area (Å²) >= 11 is 0. The molecular weight excluding hydrogens is 514 g/mol. The lowest BCUT2D eigenvalue weighted by Crippen LogP contribution is -2.37. The number of hydrogen-bond donors (Lipinski definition) is 1. The third-order valence-corrected chi connectivity index (χ3v) is 5.81. The second kappa shape index (κ2) is 10.9. The molecule has 0 bridgehead atoms. The zero-order chi connectivity index (χ0) is 28.3. The first-order chi connectivity index (χ1) is 17.6. The summed E-state index contributed by atoms with van der Waals surface area (Å²) in [4.78, 5) is 17.1. The van der Waals surface area contributed by atoms with E-state index in [2.05, 4.69) is 4.98 Å². The number of anilines is 1. The highest BCUT2D eigenvalue weighted by atomic mass is 19.4. The summed E-state index contributed by atoms with van der Waals surface area (Å²) in [7, 11) is 0. The third-order valence-electron chi connectivity index (χ3n) is 5.81. The van der Waals surface area contributed by atoms with Gasteiger partial charge in [-0.2, -0.15) is 26.3 Å². The van der Waals surface area contributed by atoms with Crippen LogP contribution in [0.4, 0.5) is 32.2 Å². The number of aryl methyl sites for hydroxylation is 1. The monoisotopic (exact) mass is 540 g/mol. The molecule has 0 aliphatic rings. The zero-order valence-electron chi connectivity index (χ0n) is 20.8. The maximum atomic E-state index is 13.7. The highest BCUT2D eigenvalue weighted by Gasteiger charge is 2.38. The number of alkyl halides is 6. The first-order valence-electron chi connectivity index (χ1n) is 11.5. The molecule has 0 atom stereocenters. The number of carboxylic acids is 1. The molecule has 0 saturated heterocycles. The minimum atomic E-state index is -4.98. The van der Waals surface area contributed by atoms with Crippen LogP contribution < -0.4 is 9.64 Å². The van der Waals surface area contributed by atoms with Gasteiger partial charge in [-0.25, -0.2) is 9.78 Å². The van der Waals surface area contributed by atoms with E-state index in [4.69, 9.17) is 4.74 Å². The fourth-order valence-corrected chi connectivity index (χ4v) is 3.65. The van der Waals surface area contributed by atoms with Gasteiger partial charge in [-0.3, -0.25) is 0 Å². The van der Waals surface area contributed by atoms with Gasteiger partial charge in [0.1, 0.15) is 11.6 Å². The van der Waals surface area contributed by atoms with Crippen molar-refractivity contribution in [3.8, 4) is 5.75 Å². The molecule has 3 aromatic rings. The lowest BCUT2D eigenvalue weighted by molar-refractivity contribution is -0.152. The Kier molecular flexibility index (Phi) is 8.28. The molecule has 0 fully saturated rings. The van der Waals surface area contributed by atoms with Crippen LogP contribution in [0.25, 0.3) is 0 Å². The summed E-state index contributed by atoms with van der Waals surface area (Å²) in [6.45, 7) is 4.49. The van der Waals surface area contributed by atoms with Gasteiger partial charge < -0.3 is 14.7 Å². The van der Waals surface area contributed by atoms with Crippen molar-refractivity contribution in [3.05, 3.63) is 88.6 Å². The van der Waals surface area contributed by atoms with Crippen molar-refractivity contribution >= 4 is 11.8 Å². The average Bonchev–Trinajstić information content (AvgIpc) is 2.81. The first kappa shape index (κ1) is 28.8. The van der Waals surface area contributed by atoms with Crippen molar-refractivity contribution in [3.63, 3.8) is 0 Å². The quantitative estimate of drug-likeness (QED) is 0.299. The van der Waals surface area contributed by atoms with Crippen LogP contribution in [-0.2, 0) is 30.1 Å². The second-order valence-electron chi connectivity index (χ2n) is 9.29. The number of aliphatic carboxylic acids is 1. The standard InChI is InChI=1S/C27H26F6N2O3/c1-17-10-12-34-23(14-17)35(13-11-18-4-8-21(9-5-18)38-25(2,3)24(36)37)16-19-6-7-20(26(28,29)30)15-22(19)27(31,32)33/h4-10,12,14-15H,11,13,16H2,1-3H3,(H,36,37). The molecule has 1 aromatic heterocycles. The lowest BCUT2D eigenvalue weighted by atomic mass is 10.0. The number of aromatic nitrogens is 1. The van der Waals surface area contributed by atoms with Crippen LogP contribution in [0.5, 0.6) is 5.75 Å². The van der Waals surface area contributed by atoms with Crippen LogP contribution in [0.15, 0.2) is 60.8 Å². The molecule has 0 aliphatic heterocycles. The molecule has 0 aliphatic carbocycles. The van der Waals surface area contributed by atoms with E-state index in [0.717, 1.165) is 17.2 Å². The lowest BCUT2D eigenvalue weighted by Gasteiger charge is -2.26. The summed E-state index contributed by atoms with van der Waals surface area (Å²) < 4.78 is 86.0. The molecule has 0 amide bonds. The maximum absolute atomic E-state index is 13.7. The molecule has 5 nitrogen and oxygen atoms in total. The molecule has 204 valence electrons. The van der Waals surface area contributed by atoms with E-state index in [9.17, 15) is 36.2 Å². The molecular formula is C27H26F6N2O3. The van der Waals surface area contributed by atoms with Gasteiger partial charge in [0.05, 0.1) is 11.1 Å². The fourth-order valence-electron chi connectivity index (χ4n) is 3.65. The summed E-state index contributed by atoms with van der Waals surface area (Å²) in [6.07, 6.45) is -8.03. The summed E-state index contributed by atoms with van der Waals surface area (Å²) in [5.74, 6) is -0.427. The normalized spacial score (nSPS) is 12.3. The number of halogens is 6. The van der Waals surface area contributed by atoms with Crippen molar-refractivity contribution in [2.45, 2.75) is 51.7 Å². The van der Waals surface area contributed by atoms with Gasteiger partial charge >= 0.3 is 18.3 Å². The number of nitrogens with zero attached hydrogens (tertiary/aromatic N) is 2. The Labute approximate surface area is 215 Å². The number of benzene rings is 2. The Morgan fingerprint density at radius 3 is 2.16 bits per heavy atom. The molecule has 0 saturated carbocycles. The molecule has 38 heavy (non-hydrogen) atoms. The van der Waals surface area contributed by atoms with Gasteiger partial charge in [-0.05, 0) is 80.3 Å². The van der Waals surface area contributed by atoms with E-state index in [0.29, 0.717) is 24.1 Å². The van der Waals surface area contributed by atoms with Gasteiger partial charge in [-0.1, -0.05) is 18.2 Å². The van der Waals surface area contributed by atoms with Crippen molar-refractivity contribution in [1.82, 2.24) is 4.98 Å². The number of hydrogen-bond acceptors (Lipinski definition) is 4. The predicted molar refractivity (Wildman–Crippen MR) is 129 cm³/mol. The highest BCUT2D eigenvalue weighted by Crippen LogP contribution is 2.38. The van der Waals surface area contributed by atoms with E-state index in [-0.39, 0.29) is 24.7 Å². The summed E-state index contributed by atoms with van der Waals surface area (Å²) in [5.41, 5.74) is -2.88.